The van der Waals surface area contributed by atoms with Gasteiger partial charge in [-0.25, -0.2) is 14.6 Å². The molecule has 78 valence electrons. The topological polar surface area (TPSA) is 55.6 Å². The minimum absolute atomic E-state index is 0.234. The Morgan fingerprint density at radius 2 is 2.33 bits per heavy atom. The standard InChI is InChI=1S/C10H13N5/c1-8(11-2)9-4-3-5-13-10(9)15-7-12-6-14-15/h3-8,11H,1-2H3. The Bertz CT molecular complexity index is 423. The van der Waals surface area contributed by atoms with Gasteiger partial charge in [-0.1, -0.05) is 6.07 Å². The Balaban J connectivity index is 2.47. The summed E-state index contributed by atoms with van der Waals surface area (Å²) in [5.41, 5.74) is 1.10. The van der Waals surface area contributed by atoms with Gasteiger partial charge in [0.2, 0.25) is 0 Å². The third kappa shape index (κ3) is 1.87. The first-order valence-electron chi connectivity index (χ1n) is 4.80. The van der Waals surface area contributed by atoms with E-state index < -0.39 is 0 Å². The van der Waals surface area contributed by atoms with Crippen LogP contribution in [0.15, 0.2) is 31.0 Å². The first-order valence-corrected chi connectivity index (χ1v) is 4.80. The van der Waals surface area contributed by atoms with E-state index in [4.69, 9.17) is 0 Å². The predicted octanol–water partition coefficient (Wildman–Crippen LogP) is 0.943. The molecule has 5 nitrogen and oxygen atoms in total. The van der Waals surface area contributed by atoms with E-state index in [1.165, 1.54) is 6.33 Å². The number of hydrogen-bond acceptors (Lipinski definition) is 4. The Morgan fingerprint density at radius 3 is 3.00 bits per heavy atom. The van der Waals surface area contributed by atoms with Crippen LogP contribution in [0, 0.1) is 0 Å². The molecule has 0 spiro atoms. The maximum absolute atomic E-state index is 4.31. The van der Waals surface area contributed by atoms with E-state index in [0.717, 1.165) is 11.4 Å². The van der Waals surface area contributed by atoms with E-state index in [2.05, 4.69) is 27.3 Å². The largest absolute Gasteiger partial charge is 0.313 e. The third-order valence-electron chi connectivity index (χ3n) is 2.35. The van der Waals surface area contributed by atoms with Crippen LogP contribution in [0.3, 0.4) is 0 Å². The molecule has 0 bridgehead atoms. The van der Waals surface area contributed by atoms with Gasteiger partial charge in [0.05, 0.1) is 0 Å². The maximum Gasteiger partial charge on any atom is 0.159 e. The second-order valence-corrected chi connectivity index (χ2v) is 3.27. The van der Waals surface area contributed by atoms with E-state index >= 15 is 0 Å². The van der Waals surface area contributed by atoms with Crippen LogP contribution in [-0.4, -0.2) is 26.8 Å². The SMILES string of the molecule is CNC(C)c1cccnc1-n1cncn1. The highest BCUT2D eigenvalue weighted by molar-refractivity contribution is 5.34. The Hall–Kier alpha value is -1.75. The molecule has 5 heteroatoms. The minimum Gasteiger partial charge on any atom is -0.313 e. The van der Waals surface area contributed by atoms with Crippen LogP contribution in [0.4, 0.5) is 0 Å². The van der Waals surface area contributed by atoms with Crippen LogP contribution in [0.2, 0.25) is 0 Å². The van der Waals surface area contributed by atoms with E-state index in [-0.39, 0.29) is 6.04 Å². The van der Waals surface area contributed by atoms with Gasteiger partial charge in [-0.05, 0) is 20.0 Å². The van der Waals surface area contributed by atoms with E-state index in [9.17, 15) is 0 Å². The molecule has 2 aromatic rings. The van der Waals surface area contributed by atoms with Crippen molar-refractivity contribution in [2.24, 2.45) is 0 Å². The molecule has 0 aliphatic carbocycles. The van der Waals surface area contributed by atoms with Gasteiger partial charge in [0, 0.05) is 17.8 Å². The summed E-state index contributed by atoms with van der Waals surface area (Å²) in [4.78, 5) is 8.23. The second-order valence-electron chi connectivity index (χ2n) is 3.27. The van der Waals surface area contributed by atoms with Gasteiger partial charge in [-0.3, -0.25) is 0 Å². The van der Waals surface area contributed by atoms with Crippen LogP contribution in [-0.2, 0) is 0 Å². The lowest BCUT2D eigenvalue weighted by Gasteiger charge is -2.13. The summed E-state index contributed by atoms with van der Waals surface area (Å²) in [6.45, 7) is 2.08. The van der Waals surface area contributed by atoms with Crippen LogP contribution in [0.1, 0.15) is 18.5 Å². The van der Waals surface area contributed by atoms with Crippen LogP contribution < -0.4 is 5.32 Å². The third-order valence-corrected chi connectivity index (χ3v) is 2.35. The van der Waals surface area contributed by atoms with Crippen molar-refractivity contribution in [3.63, 3.8) is 0 Å². The predicted molar refractivity (Wildman–Crippen MR) is 56.6 cm³/mol. The molecular weight excluding hydrogens is 190 g/mol. The number of rotatable bonds is 3. The van der Waals surface area contributed by atoms with Crippen LogP contribution in [0.5, 0.6) is 0 Å². The van der Waals surface area contributed by atoms with Crippen LogP contribution in [0.25, 0.3) is 5.82 Å². The lowest BCUT2D eigenvalue weighted by Crippen LogP contribution is -2.16. The minimum atomic E-state index is 0.234. The molecule has 0 aliphatic heterocycles. The molecule has 0 fully saturated rings. The summed E-state index contributed by atoms with van der Waals surface area (Å²) in [6, 6.07) is 4.19. The summed E-state index contributed by atoms with van der Waals surface area (Å²) in [7, 11) is 1.92. The summed E-state index contributed by atoms with van der Waals surface area (Å²) in [5, 5.41) is 7.26. The lowest BCUT2D eigenvalue weighted by molar-refractivity contribution is 0.638. The molecule has 2 rings (SSSR count). The van der Waals surface area contributed by atoms with Crippen molar-refractivity contribution in [1.29, 1.82) is 0 Å². The molecule has 2 heterocycles. The Kier molecular flexibility index (Phi) is 2.73. The molecule has 0 amide bonds. The molecule has 0 aliphatic rings. The fourth-order valence-corrected chi connectivity index (χ4v) is 1.41. The summed E-state index contributed by atoms with van der Waals surface area (Å²) in [5.74, 6) is 0.817. The molecule has 0 aromatic carbocycles. The van der Waals surface area contributed by atoms with Crippen molar-refractivity contribution in [1.82, 2.24) is 25.1 Å². The summed E-state index contributed by atoms with van der Waals surface area (Å²) < 4.78 is 1.67. The smallest absolute Gasteiger partial charge is 0.159 e. The highest BCUT2D eigenvalue weighted by Crippen LogP contribution is 2.17. The zero-order valence-corrected chi connectivity index (χ0v) is 8.75. The summed E-state index contributed by atoms with van der Waals surface area (Å²) in [6.07, 6.45) is 4.90. The first-order chi connectivity index (χ1) is 7.33. The van der Waals surface area contributed by atoms with Gasteiger partial charge in [-0.2, -0.15) is 5.10 Å². The Morgan fingerprint density at radius 1 is 1.47 bits per heavy atom. The molecule has 0 radical (unpaired) electrons. The van der Waals surface area contributed by atoms with Crippen molar-refractivity contribution < 1.29 is 0 Å². The van der Waals surface area contributed by atoms with Crippen molar-refractivity contribution in [3.8, 4) is 5.82 Å². The number of aromatic nitrogens is 4. The first kappa shape index (κ1) is 9.79. The molecule has 0 saturated carbocycles. The highest BCUT2D eigenvalue weighted by atomic mass is 15.3. The zero-order valence-electron chi connectivity index (χ0n) is 8.75. The van der Waals surface area contributed by atoms with E-state index in [1.54, 1.807) is 17.2 Å². The lowest BCUT2D eigenvalue weighted by atomic mass is 10.1. The average Bonchev–Trinajstić information content (AvgIpc) is 2.81. The quantitative estimate of drug-likeness (QED) is 0.806. The maximum atomic E-state index is 4.31. The Labute approximate surface area is 88.2 Å². The molecule has 1 atom stereocenters. The van der Waals surface area contributed by atoms with Gasteiger partial charge < -0.3 is 5.32 Å². The molecule has 15 heavy (non-hydrogen) atoms. The molecular formula is C10H13N5. The van der Waals surface area contributed by atoms with E-state index in [1.807, 2.05) is 19.2 Å². The molecule has 0 saturated heterocycles. The second kappa shape index (κ2) is 4.18. The van der Waals surface area contributed by atoms with Crippen LogP contribution >= 0.6 is 0 Å². The highest BCUT2D eigenvalue weighted by Gasteiger charge is 2.11. The average molecular weight is 203 g/mol. The summed E-state index contributed by atoms with van der Waals surface area (Å²) >= 11 is 0. The van der Waals surface area contributed by atoms with Gasteiger partial charge in [0.25, 0.3) is 0 Å². The van der Waals surface area contributed by atoms with Gasteiger partial charge in [-0.15, -0.1) is 0 Å². The normalized spacial score (nSPS) is 12.7. The van der Waals surface area contributed by atoms with E-state index in [0.29, 0.717) is 0 Å². The van der Waals surface area contributed by atoms with Gasteiger partial charge in [0.15, 0.2) is 5.82 Å². The number of nitrogens with one attached hydrogen (secondary N) is 1. The molecule has 1 N–H and O–H groups in total. The zero-order chi connectivity index (χ0) is 10.7. The molecule has 2 aromatic heterocycles. The number of hydrogen-bond donors (Lipinski definition) is 1. The van der Waals surface area contributed by atoms with Gasteiger partial charge in [0.1, 0.15) is 12.7 Å². The monoisotopic (exact) mass is 203 g/mol. The fraction of sp³-hybridized carbons (Fsp3) is 0.300. The molecule has 1 unspecified atom stereocenters. The van der Waals surface area contributed by atoms with Crippen molar-refractivity contribution in [2.75, 3.05) is 7.05 Å². The van der Waals surface area contributed by atoms with Gasteiger partial charge >= 0.3 is 0 Å². The number of nitrogens with zero attached hydrogens (tertiary/aromatic N) is 4. The fourth-order valence-electron chi connectivity index (χ4n) is 1.41. The van der Waals surface area contributed by atoms with Crippen molar-refractivity contribution >= 4 is 0 Å². The number of pyridine rings is 1. The van der Waals surface area contributed by atoms with Crippen molar-refractivity contribution in [3.05, 3.63) is 36.5 Å². The van der Waals surface area contributed by atoms with Crippen molar-refractivity contribution in [2.45, 2.75) is 13.0 Å².